The molecule has 0 aliphatic rings. The first kappa shape index (κ1) is 14.8. The van der Waals surface area contributed by atoms with E-state index in [1.54, 1.807) is 0 Å². The molecule has 0 heterocycles. The van der Waals surface area contributed by atoms with Crippen molar-refractivity contribution in [2.45, 2.75) is 33.7 Å². The molecular formula is C11H24N2OS. The van der Waals surface area contributed by atoms with Gasteiger partial charge in [0.1, 0.15) is 0 Å². The second-order valence-electron chi connectivity index (χ2n) is 3.38. The van der Waals surface area contributed by atoms with Crippen molar-refractivity contribution in [3.63, 3.8) is 0 Å². The van der Waals surface area contributed by atoms with E-state index in [-0.39, 0.29) is 11.9 Å². The highest BCUT2D eigenvalue weighted by Crippen LogP contribution is 1.98. The Balaban J connectivity index is 3.77. The predicted molar refractivity (Wildman–Crippen MR) is 68.4 cm³/mol. The molecule has 0 aromatic heterocycles. The van der Waals surface area contributed by atoms with Crippen LogP contribution in [-0.4, -0.2) is 48.0 Å². The first-order chi connectivity index (χ1) is 7.17. The third-order valence-corrected chi connectivity index (χ3v) is 3.25. The number of amides is 1. The monoisotopic (exact) mass is 232 g/mol. The summed E-state index contributed by atoms with van der Waals surface area (Å²) in [6, 6.07) is -0.0534. The van der Waals surface area contributed by atoms with E-state index >= 15 is 0 Å². The molecule has 0 aromatic rings. The molecule has 1 unspecified atom stereocenters. The zero-order valence-electron chi connectivity index (χ0n) is 10.4. The van der Waals surface area contributed by atoms with Crippen molar-refractivity contribution in [2.75, 3.05) is 31.1 Å². The molecule has 1 N–H and O–H groups in total. The number of hydrogen-bond acceptors (Lipinski definition) is 3. The highest BCUT2D eigenvalue weighted by molar-refractivity contribution is 7.99. The molecule has 0 saturated heterocycles. The Morgan fingerprint density at radius 1 is 1.33 bits per heavy atom. The summed E-state index contributed by atoms with van der Waals surface area (Å²) in [6.07, 6.45) is 0. The van der Waals surface area contributed by atoms with Crippen LogP contribution in [0.25, 0.3) is 0 Å². The summed E-state index contributed by atoms with van der Waals surface area (Å²) >= 11 is 1.89. The highest BCUT2D eigenvalue weighted by atomic mass is 32.2. The van der Waals surface area contributed by atoms with E-state index in [1.165, 1.54) is 0 Å². The van der Waals surface area contributed by atoms with Crippen LogP contribution in [0.15, 0.2) is 0 Å². The van der Waals surface area contributed by atoms with Gasteiger partial charge in [-0.25, -0.2) is 0 Å². The van der Waals surface area contributed by atoms with Crippen molar-refractivity contribution in [2.24, 2.45) is 0 Å². The van der Waals surface area contributed by atoms with Crippen molar-refractivity contribution in [3.05, 3.63) is 0 Å². The number of carbonyl (C=O) groups is 1. The van der Waals surface area contributed by atoms with Gasteiger partial charge >= 0.3 is 0 Å². The predicted octanol–water partition coefficient (Wildman–Crippen LogP) is 1.59. The number of nitrogens with zero attached hydrogens (tertiary/aromatic N) is 1. The van der Waals surface area contributed by atoms with Crippen LogP contribution in [0.5, 0.6) is 0 Å². The van der Waals surface area contributed by atoms with Gasteiger partial charge in [0, 0.05) is 25.4 Å². The van der Waals surface area contributed by atoms with E-state index in [2.05, 4.69) is 12.2 Å². The standard InChI is InChI=1S/C11H24N2OS/c1-5-13(6-2)11(14)10(4)12-8-9-15-7-3/h10,12H,5-9H2,1-4H3. The molecule has 1 atom stereocenters. The molecule has 4 heteroatoms. The summed E-state index contributed by atoms with van der Waals surface area (Å²) in [5.74, 6) is 2.42. The molecule has 0 spiro atoms. The summed E-state index contributed by atoms with van der Waals surface area (Å²) < 4.78 is 0. The Bertz CT molecular complexity index is 172. The van der Waals surface area contributed by atoms with E-state index in [4.69, 9.17) is 0 Å². The molecule has 0 bridgehead atoms. The first-order valence-corrected chi connectivity index (χ1v) is 6.92. The van der Waals surface area contributed by atoms with Gasteiger partial charge < -0.3 is 10.2 Å². The lowest BCUT2D eigenvalue weighted by Gasteiger charge is -2.23. The SMILES string of the molecule is CCSCCNC(C)C(=O)N(CC)CC. The van der Waals surface area contributed by atoms with Crippen molar-refractivity contribution in [1.29, 1.82) is 0 Å². The fraction of sp³-hybridized carbons (Fsp3) is 0.909. The molecule has 0 radical (unpaired) electrons. The van der Waals surface area contributed by atoms with Gasteiger partial charge in [-0.2, -0.15) is 11.8 Å². The van der Waals surface area contributed by atoms with Gasteiger partial charge in [-0.1, -0.05) is 6.92 Å². The lowest BCUT2D eigenvalue weighted by Crippen LogP contribution is -2.45. The van der Waals surface area contributed by atoms with Crippen LogP contribution in [0, 0.1) is 0 Å². The number of rotatable bonds is 8. The summed E-state index contributed by atoms with van der Waals surface area (Å²) in [5, 5.41) is 3.25. The Hall–Kier alpha value is -0.220. The van der Waals surface area contributed by atoms with Gasteiger partial charge in [-0.3, -0.25) is 4.79 Å². The minimum atomic E-state index is -0.0534. The van der Waals surface area contributed by atoms with E-state index in [9.17, 15) is 4.79 Å². The van der Waals surface area contributed by atoms with Crippen LogP contribution in [0.2, 0.25) is 0 Å². The van der Waals surface area contributed by atoms with Crippen molar-refractivity contribution in [1.82, 2.24) is 10.2 Å². The molecule has 0 saturated carbocycles. The van der Waals surface area contributed by atoms with Gasteiger partial charge in [0.2, 0.25) is 5.91 Å². The third kappa shape index (κ3) is 6.05. The van der Waals surface area contributed by atoms with Crippen molar-refractivity contribution in [3.8, 4) is 0 Å². The van der Waals surface area contributed by atoms with Crippen LogP contribution < -0.4 is 5.32 Å². The van der Waals surface area contributed by atoms with Crippen molar-refractivity contribution < 1.29 is 4.79 Å². The van der Waals surface area contributed by atoms with Gasteiger partial charge in [0.05, 0.1) is 6.04 Å². The fourth-order valence-electron chi connectivity index (χ4n) is 1.39. The zero-order valence-corrected chi connectivity index (χ0v) is 11.2. The average Bonchev–Trinajstić information content (AvgIpc) is 2.25. The maximum Gasteiger partial charge on any atom is 0.239 e. The Morgan fingerprint density at radius 2 is 1.93 bits per heavy atom. The minimum absolute atomic E-state index is 0.0534. The van der Waals surface area contributed by atoms with Crippen LogP contribution in [-0.2, 0) is 4.79 Å². The third-order valence-electron chi connectivity index (χ3n) is 2.35. The lowest BCUT2D eigenvalue weighted by molar-refractivity contribution is -0.132. The molecule has 90 valence electrons. The van der Waals surface area contributed by atoms with Crippen LogP contribution in [0.1, 0.15) is 27.7 Å². The quantitative estimate of drug-likeness (QED) is 0.645. The van der Waals surface area contributed by atoms with Gasteiger partial charge in [-0.05, 0) is 26.5 Å². The Labute approximate surface area is 98.0 Å². The number of thioether (sulfide) groups is 1. The fourth-order valence-corrected chi connectivity index (χ4v) is 1.94. The Kier molecular flexibility index (Phi) is 8.91. The number of hydrogen-bond donors (Lipinski definition) is 1. The zero-order chi connectivity index (χ0) is 11.7. The summed E-state index contributed by atoms with van der Waals surface area (Å²) in [4.78, 5) is 13.7. The van der Waals surface area contributed by atoms with Gasteiger partial charge in [-0.15, -0.1) is 0 Å². The maximum absolute atomic E-state index is 11.8. The van der Waals surface area contributed by atoms with Gasteiger partial charge in [0.25, 0.3) is 0 Å². The molecule has 0 aromatic carbocycles. The van der Waals surface area contributed by atoms with Crippen LogP contribution in [0.3, 0.4) is 0 Å². The topological polar surface area (TPSA) is 32.3 Å². The molecule has 1 amide bonds. The van der Waals surface area contributed by atoms with E-state index in [0.717, 1.165) is 31.1 Å². The maximum atomic E-state index is 11.8. The minimum Gasteiger partial charge on any atom is -0.342 e. The highest BCUT2D eigenvalue weighted by Gasteiger charge is 2.16. The molecule has 0 aliphatic carbocycles. The number of likely N-dealkylation sites (N-methyl/N-ethyl adjacent to an activating group) is 1. The largest absolute Gasteiger partial charge is 0.342 e. The second-order valence-corrected chi connectivity index (χ2v) is 4.78. The molecule has 0 rings (SSSR count). The molecular weight excluding hydrogens is 208 g/mol. The lowest BCUT2D eigenvalue weighted by atomic mass is 10.3. The molecule has 0 aliphatic heterocycles. The van der Waals surface area contributed by atoms with E-state index in [0.29, 0.717) is 0 Å². The van der Waals surface area contributed by atoms with E-state index < -0.39 is 0 Å². The smallest absolute Gasteiger partial charge is 0.239 e. The second kappa shape index (κ2) is 9.04. The average molecular weight is 232 g/mol. The van der Waals surface area contributed by atoms with Crippen LogP contribution >= 0.6 is 11.8 Å². The Morgan fingerprint density at radius 3 is 2.40 bits per heavy atom. The first-order valence-electron chi connectivity index (χ1n) is 5.77. The summed E-state index contributed by atoms with van der Waals surface area (Å²) in [5.41, 5.74) is 0. The molecule has 3 nitrogen and oxygen atoms in total. The molecule has 0 fully saturated rings. The number of nitrogens with one attached hydrogen (secondary N) is 1. The summed E-state index contributed by atoms with van der Waals surface area (Å²) in [7, 11) is 0. The van der Waals surface area contributed by atoms with Gasteiger partial charge in [0.15, 0.2) is 0 Å². The van der Waals surface area contributed by atoms with E-state index in [1.807, 2.05) is 37.4 Å². The molecule has 15 heavy (non-hydrogen) atoms. The van der Waals surface area contributed by atoms with Crippen LogP contribution in [0.4, 0.5) is 0 Å². The normalized spacial score (nSPS) is 12.5. The van der Waals surface area contributed by atoms with Crippen molar-refractivity contribution >= 4 is 17.7 Å². The number of carbonyl (C=O) groups excluding carboxylic acids is 1. The summed E-state index contributed by atoms with van der Waals surface area (Å²) in [6.45, 7) is 10.6.